The molecule has 5 N–H and O–H groups in total. The van der Waals surface area contributed by atoms with Gasteiger partial charge in [0.2, 0.25) is 0 Å². The molecule has 0 radical (unpaired) electrons. The highest BCUT2D eigenvalue weighted by atomic mass is 16.3. The summed E-state index contributed by atoms with van der Waals surface area (Å²) in [5, 5.41) is 28.2. The summed E-state index contributed by atoms with van der Waals surface area (Å²) in [7, 11) is 0. The number of anilines is 1. The van der Waals surface area contributed by atoms with Crippen molar-refractivity contribution in [2.45, 2.75) is 25.9 Å². The maximum atomic E-state index is 11.2. The number of hydrogen-bond acceptors (Lipinski definition) is 6. The molecule has 0 spiro atoms. The number of amidine groups is 1. The second-order valence-corrected chi connectivity index (χ2v) is 6.15. The summed E-state index contributed by atoms with van der Waals surface area (Å²) in [4.78, 5) is 23.3. The molecular weight excluding hydrogens is 334 g/mol. The fraction of sp³-hybridized carbons (Fsp3) is 0.211. The fourth-order valence-corrected chi connectivity index (χ4v) is 2.67. The van der Waals surface area contributed by atoms with Crippen LogP contribution in [0.4, 0.5) is 5.69 Å². The van der Waals surface area contributed by atoms with Crippen molar-refractivity contribution in [1.29, 1.82) is 5.41 Å². The second kappa shape index (κ2) is 7.79. The first kappa shape index (κ1) is 19.1. The third-order valence-electron chi connectivity index (χ3n) is 4.07. The molecule has 0 aliphatic heterocycles. The van der Waals surface area contributed by atoms with Crippen LogP contribution >= 0.6 is 0 Å². The van der Waals surface area contributed by atoms with Gasteiger partial charge in [-0.15, -0.1) is 0 Å². The molecule has 7 heteroatoms. The number of nitrogens with zero attached hydrogens (tertiary/aromatic N) is 1. The smallest absolute Gasteiger partial charge is 0.185 e. The highest BCUT2D eigenvalue weighted by Gasteiger charge is 2.25. The minimum absolute atomic E-state index is 0.0209. The van der Waals surface area contributed by atoms with Crippen LogP contribution < -0.4 is 10.6 Å². The fourth-order valence-electron chi connectivity index (χ4n) is 2.67. The highest BCUT2D eigenvalue weighted by Crippen LogP contribution is 2.36. The van der Waals surface area contributed by atoms with Crippen molar-refractivity contribution in [2.75, 3.05) is 4.90 Å². The molecule has 0 heterocycles. The lowest BCUT2D eigenvalue weighted by atomic mass is 9.97. The van der Waals surface area contributed by atoms with E-state index in [1.54, 1.807) is 18.2 Å². The van der Waals surface area contributed by atoms with Crippen molar-refractivity contribution < 1.29 is 19.8 Å². The molecule has 26 heavy (non-hydrogen) atoms. The number of rotatable bonds is 6. The molecule has 0 saturated carbocycles. The molecule has 7 nitrogen and oxygen atoms in total. The summed E-state index contributed by atoms with van der Waals surface area (Å²) in [6.07, 6.45) is -0.0263. The van der Waals surface area contributed by atoms with E-state index in [9.17, 15) is 19.8 Å². The van der Waals surface area contributed by atoms with Gasteiger partial charge in [-0.1, -0.05) is 13.8 Å². The van der Waals surface area contributed by atoms with Gasteiger partial charge in [-0.3, -0.25) is 15.0 Å². The number of aldehydes is 2. The molecule has 2 aromatic rings. The molecule has 2 aromatic carbocycles. The number of phenols is 2. The molecule has 0 saturated heterocycles. The monoisotopic (exact) mass is 355 g/mol. The average Bonchev–Trinajstić information content (AvgIpc) is 2.61. The van der Waals surface area contributed by atoms with E-state index < -0.39 is 12.0 Å². The molecule has 0 aliphatic rings. The van der Waals surface area contributed by atoms with Crippen molar-refractivity contribution >= 4 is 24.1 Å². The van der Waals surface area contributed by atoms with E-state index in [1.807, 2.05) is 13.8 Å². The molecule has 2 rings (SSSR count). The van der Waals surface area contributed by atoms with Gasteiger partial charge in [0.05, 0.1) is 0 Å². The maximum absolute atomic E-state index is 11.2. The van der Waals surface area contributed by atoms with Crippen LogP contribution in [0.1, 0.15) is 47.4 Å². The number of nitrogens with two attached hydrogens (primary N) is 1. The minimum Gasteiger partial charge on any atom is -0.508 e. The summed E-state index contributed by atoms with van der Waals surface area (Å²) in [5.74, 6) is -0.726. The van der Waals surface area contributed by atoms with Crippen LogP contribution in [0.3, 0.4) is 0 Å². The minimum atomic E-state index is -1.05. The lowest BCUT2D eigenvalue weighted by Gasteiger charge is -2.30. The first-order valence-corrected chi connectivity index (χ1v) is 7.99. The van der Waals surface area contributed by atoms with Crippen LogP contribution in [-0.4, -0.2) is 28.6 Å². The predicted octanol–water partition coefficient (Wildman–Crippen LogP) is 2.67. The number of phenolic OH excluding ortho intramolecular Hbond substituents is 2. The number of aromatic hydroxyl groups is 2. The molecule has 0 fully saturated rings. The van der Waals surface area contributed by atoms with Crippen molar-refractivity contribution in [3.63, 3.8) is 0 Å². The van der Waals surface area contributed by atoms with Crippen molar-refractivity contribution in [3.05, 3.63) is 53.1 Å². The zero-order chi connectivity index (χ0) is 19.4. The Hall–Kier alpha value is -3.19. The van der Waals surface area contributed by atoms with Gasteiger partial charge in [0.1, 0.15) is 24.0 Å². The van der Waals surface area contributed by atoms with E-state index in [4.69, 9.17) is 11.1 Å². The number of benzene rings is 2. The Balaban J connectivity index is 2.55. The van der Waals surface area contributed by atoms with E-state index in [1.165, 1.54) is 23.1 Å². The summed E-state index contributed by atoms with van der Waals surface area (Å²) in [5.41, 5.74) is 7.96. The summed E-state index contributed by atoms with van der Waals surface area (Å²) in [6.45, 7) is 3.76. The van der Waals surface area contributed by atoms with E-state index in [-0.39, 0.29) is 23.0 Å². The number of nitrogens with one attached hydrogen (secondary N) is 1. The molecule has 0 aliphatic carbocycles. The first-order valence-electron chi connectivity index (χ1n) is 7.99. The second-order valence-electron chi connectivity index (χ2n) is 6.15. The van der Waals surface area contributed by atoms with Gasteiger partial charge in [-0.2, -0.15) is 0 Å². The van der Waals surface area contributed by atoms with E-state index in [0.29, 0.717) is 29.4 Å². The van der Waals surface area contributed by atoms with Gasteiger partial charge < -0.3 is 20.8 Å². The molecule has 0 amide bonds. The van der Waals surface area contributed by atoms with E-state index in [0.717, 1.165) is 0 Å². The Morgan fingerprint density at radius 2 is 1.65 bits per heavy atom. The van der Waals surface area contributed by atoms with Gasteiger partial charge in [0, 0.05) is 22.9 Å². The SMILES string of the molecule is CC(C)c1cc(C(N)N(C(=N)C=O)c2ccc(C=O)cc2)c(O)cc1O. The summed E-state index contributed by atoms with van der Waals surface area (Å²) < 4.78 is 0. The maximum Gasteiger partial charge on any atom is 0.185 e. The van der Waals surface area contributed by atoms with Crippen LogP contribution in [0, 0.1) is 5.41 Å². The van der Waals surface area contributed by atoms with Gasteiger partial charge in [-0.05, 0) is 41.8 Å². The largest absolute Gasteiger partial charge is 0.508 e. The summed E-state index contributed by atoms with van der Waals surface area (Å²) >= 11 is 0. The van der Waals surface area contributed by atoms with Gasteiger partial charge in [-0.25, -0.2) is 0 Å². The Morgan fingerprint density at radius 3 is 2.15 bits per heavy atom. The quantitative estimate of drug-likeness (QED) is 0.273. The van der Waals surface area contributed by atoms with Crippen LogP contribution in [-0.2, 0) is 4.79 Å². The van der Waals surface area contributed by atoms with E-state index >= 15 is 0 Å². The molecule has 0 bridgehead atoms. The average molecular weight is 355 g/mol. The lowest BCUT2D eigenvalue weighted by molar-refractivity contribution is -0.102. The Morgan fingerprint density at radius 1 is 1.08 bits per heavy atom. The first-order chi connectivity index (χ1) is 12.3. The normalized spacial score (nSPS) is 11.8. The van der Waals surface area contributed by atoms with Crippen molar-refractivity contribution in [3.8, 4) is 11.5 Å². The standard InChI is InChI=1S/C19H21N3O4/c1-11(2)14-7-15(17(26)8-16(14)25)19(21)22(18(20)10-24)13-5-3-12(9-23)4-6-13/h3-11,19-20,25-26H,21H2,1-2H3. The zero-order valence-electron chi connectivity index (χ0n) is 14.5. The number of hydrogen-bond donors (Lipinski definition) is 4. The zero-order valence-corrected chi connectivity index (χ0v) is 14.5. The van der Waals surface area contributed by atoms with Crippen LogP contribution in [0.25, 0.3) is 0 Å². The third-order valence-corrected chi connectivity index (χ3v) is 4.07. The van der Waals surface area contributed by atoms with Crippen LogP contribution in [0.2, 0.25) is 0 Å². The van der Waals surface area contributed by atoms with Crippen LogP contribution in [0.5, 0.6) is 11.5 Å². The topological polar surface area (TPSA) is 128 Å². The number of carbonyl (C=O) groups excluding carboxylic acids is 2. The lowest BCUT2D eigenvalue weighted by Crippen LogP contribution is -2.40. The van der Waals surface area contributed by atoms with Gasteiger partial charge >= 0.3 is 0 Å². The number of carbonyl (C=O) groups is 2. The Bertz CT molecular complexity index is 831. The van der Waals surface area contributed by atoms with Crippen molar-refractivity contribution in [2.24, 2.45) is 5.73 Å². The molecule has 1 unspecified atom stereocenters. The van der Waals surface area contributed by atoms with Gasteiger partial charge in [0.15, 0.2) is 12.1 Å². The van der Waals surface area contributed by atoms with E-state index in [2.05, 4.69) is 0 Å². The molecule has 136 valence electrons. The molecular formula is C19H21N3O4. The Labute approximate surface area is 151 Å². The third kappa shape index (κ3) is 3.73. The molecule has 1 atom stereocenters. The molecule has 0 aromatic heterocycles. The Kier molecular flexibility index (Phi) is 5.74. The predicted molar refractivity (Wildman–Crippen MR) is 98.9 cm³/mol. The van der Waals surface area contributed by atoms with Crippen LogP contribution in [0.15, 0.2) is 36.4 Å². The highest BCUT2D eigenvalue weighted by molar-refractivity contribution is 6.32. The van der Waals surface area contributed by atoms with Crippen molar-refractivity contribution in [1.82, 2.24) is 0 Å². The van der Waals surface area contributed by atoms with Gasteiger partial charge in [0.25, 0.3) is 0 Å². The summed E-state index contributed by atoms with van der Waals surface area (Å²) in [6, 6.07) is 8.95.